The fourth-order valence-corrected chi connectivity index (χ4v) is 1.98. The molecular formula is C14H16N2O4S. The number of rotatable bonds is 6. The molecule has 4 N–H and O–H groups in total. The summed E-state index contributed by atoms with van der Waals surface area (Å²) >= 11 is 0. The van der Waals surface area contributed by atoms with Crippen molar-refractivity contribution in [2.24, 2.45) is 0 Å². The van der Waals surface area contributed by atoms with Gasteiger partial charge in [0.15, 0.2) is 0 Å². The minimum absolute atomic E-state index is 0.169. The molecule has 112 valence electrons. The van der Waals surface area contributed by atoms with Gasteiger partial charge in [0.25, 0.3) is 10.1 Å². The lowest BCUT2D eigenvalue weighted by atomic mass is 10.2. The number of hydrogen-bond acceptors (Lipinski definition) is 5. The van der Waals surface area contributed by atoms with Crippen molar-refractivity contribution < 1.29 is 17.7 Å². The first-order valence-corrected chi connectivity index (χ1v) is 7.84. The van der Waals surface area contributed by atoms with Crippen LogP contribution in [0.4, 0.5) is 17.1 Å². The van der Waals surface area contributed by atoms with Crippen LogP contribution in [0.1, 0.15) is 0 Å². The predicted molar refractivity (Wildman–Crippen MR) is 82.5 cm³/mol. The van der Waals surface area contributed by atoms with Crippen LogP contribution in [0.15, 0.2) is 48.5 Å². The molecule has 2 aromatic carbocycles. The molecule has 2 rings (SSSR count). The lowest BCUT2D eigenvalue weighted by Crippen LogP contribution is -2.13. The minimum atomic E-state index is -4.05. The van der Waals surface area contributed by atoms with Crippen LogP contribution < -0.4 is 15.8 Å². The smallest absolute Gasteiger partial charge is 0.268 e. The quantitative estimate of drug-likeness (QED) is 0.559. The van der Waals surface area contributed by atoms with Gasteiger partial charge in [-0.05, 0) is 24.3 Å². The van der Waals surface area contributed by atoms with Crippen LogP contribution in [-0.2, 0) is 10.1 Å². The van der Waals surface area contributed by atoms with E-state index in [-0.39, 0.29) is 6.61 Å². The van der Waals surface area contributed by atoms with Gasteiger partial charge in [-0.25, -0.2) is 0 Å². The molecule has 0 bridgehead atoms. The van der Waals surface area contributed by atoms with Gasteiger partial charge >= 0.3 is 0 Å². The van der Waals surface area contributed by atoms with Gasteiger partial charge in [0.1, 0.15) is 18.1 Å². The summed E-state index contributed by atoms with van der Waals surface area (Å²) in [6, 6.07) is 14.7. The van der Waals surface area contributed by atoms with E-state index >= 15 is 0 Å². The normalized spacial score (nSPS) is 11.1. The van der Waals surface area contributed by atoms with E-state index in [0.29, 0.717) is 11.4 Å². The first-order chi connectivity index (χ1) is 9.94. The van der Waals surface area contributed by atoms with Crippen LogP contribution in [-0.4, -0.2) is 25.3 Å². The Hall–Kier alpha value is -2.25. The van der Waals surface area contributed by atoms with Gasteiger partial charge < -0.3 is 15.8 Å². The standard InChI is InChI=1S/C14H16N2O4S/c15-13-7-6-12(16-11-4-2-1-3-5-11)10-14(13)20-8-9-21(17,18)19/h1-7,10,16H,8-9,15H2,(H,17,18,19). The third-order valence-corrected chi connectivity index (χ3v) is 3.36. The van der Waals surface area contributed by atoms with Crippen LogP contribution in [0.2, 0.25) is 0 Å². The Balaban J connectivity index is 2.06. The number of para-hydroxylation sites is 1. The Morgan fingerprint density at radius 1 is 1.10 bits per heavy atom. The minimum Gasteiger partial charge on any atom is -0.490 e. The van der Waals surface area contributed by atoms with E-state index in [1.165, 1.54) is 0 Å². The van der Waals surface area contributed by atoms with Crippen LogP contribution in [0.3, 0.4) is 0 Å². The molecule has 0 heterocycles. The Morgan fingerprint density at radius 2 is 1.81 bits per heavy atom. The Morgan fingerprint density at radius 3 is 2.48 bits per heavy atom. The van der Waals surface area contributed by atoms with Gasteiger partial charge in [-0.3, -0.25) is 4.55 Å². The Bertz CT molecular complexity index is 702. The summed E-state index contributed by atoms with van der Waals surface area (Å²) in [5.74, 6) is -0.123. The van der Waals surface area contributed by atoms with Gasteiger partial charge in [-0.2, -0.15) is 8.42 Å². The fourth-order valence-electron chi connectivity index (χ4n) is 1.68. The summed E-state index contributed by atoms with van der Waals surface area (Å²) in [7, 11) is -4.05. The second kappa shape index (κ2) is 6.47. The molecule has 2 aromatic rings. The lowest BCUT2D eigenvalue weighted by Gasteiger charge is -2.11. The highest BCUT2D eigenvalue weighted by atomic mass is 32.2. The number of nitrogens with two attached hydrogens (primary N) is 1. The first-order valence-electron chi connectivity index (χ1n) is 6.23. The van der Waals surface area contributed by atoms with Crippen molar-refractivity contribution >= 4 is 27.2 Å². The summed E-state index contributed by atoms with van der Waals surface area (Å²) < 4.78 is 35.2. The zero-order chi connectivity index (χ0) is 15.3. The van der Waals surface area contributed by atoms with E-state index in [0.717, 1.165) is 11.4 Å². The summed E-state index contributed by atoms with van der Waals surface area (Å²) in [5, 5.41) is 3.17. The molecule has 0 fully saturated rings. The summed E-state index contributed by atoms with van der Waals surface area (Å²) in [6.07, 6.45) is 0. The van der Waals surface area contributed by atoms with Crippen molar-refractivity contribution in [1.82, 2.24) is 0 Å². The molecule has 0 amide bonds. The van der Waals surface area contributed by atoms with Crippen molar-refractivity contribution in [1.29, 1.82) is 0 Å². The van der Waals surface area contributed by atoms with Crippen molar-refractivity contribution in [2.45, 2.75) is 0 Å². The Labute approximate surface area is 123 Å². The van der Waals surface area contributed by atoms with Crippen molar-refractivity contribution in [3.8, 4) is 5.75 Å². The fraction of sp³-hybridized carbons (Fsp3) is 0.143. The van der Waals surface area contributed by atoms with Crippen LogP contribution in [0.5, 0.6) is 5.75 Å². The molecule has 0 spiro atoms. The maximum Gasteiger partial charge on any atom is 0.268 e. The van der Waals surface area contributed by atoms with Crippen LogP contribution in [0.25, 0.3) is 0 Å². The van der Waals surface area contributed by atoms with E-state index in [4.69, 9.17) is 15.0 Å². The topological polar surface area (TPSA) is 102 Å². The molecule has 0 saturated carbocycles. The van der Waals surface area contributed by atoms with E-state index in [1.807, 2.05) is 30.3 Å². The maximum atomic E-state index is 10.6. The molecule has 21 heavy (non-hydrogen) atoms. The SMILES string of the molecule is Nc1ccc(Nc2ccccc2)cc1OCCS(=O)(=O)O. The Kier molecular flexibility index (Phi) is 4.66. The van der Waals surface area contributed by atoms with E-state index < -0.39 is 15.9 Å². The summed E-state index contributed by atoms with van der Waals surface area (Å²) in [6.45, 7) is -0.169. The molecule has 0 unspecified atom stereocenters. The van der Waals surface area contributed by atoms with Gasteiger partial charge in [-0.1, -0.05) is 18.2 Å². The molecule has 0 atom stereocenters. The van der Waals surface area contributed by atoms with E-state index in [1.54, 1.807) is 18.2 Å². The van der Waals surface area contributed by atoms with Gasteiger partial charge in [0.05, 0.1) is 5.69 Å². The molecular weight excluding hydrogens is 292 g/mol. The third kappa shape index (κ3) is 4.97. The van der Waals surface area contributed by atoms with E-state index in [2.05, 4.69) is 5.32 Å². The molecule has 0 aliphatic rings. The van der Waals surface area contributed by atoms with Gasteiger partial charge in [0, 0.05) is 17.4 Å². The zero-order valence-electron chi connectivity index (χ0n) is 11.2. The number of anilines is 3. The first kappa shape index (κ1) is 15.1. The third-order valence-electron chi connectivity index (χ3n) is 2.67. The van der Waals surface area contributed by atoms with Crippen molar-refractivity contribution in [3.05, 3.63) is 48.5 Å². The number of hydrogen-bond donors (Lipinski definition) is 3. The highest BCUT2D eigenvalue weighted by molar-refractivity contribution is 7.85. The van der Waals surface area contributed by atoms with Crippen molar-refractivity contribution in [2.75, 3.05) is 23.4 Å². The summed E-state index contributed by atoms with van der Waals surface area (Å²) in [4.78, 5) is 0. The second-order valence-corrected chi connectivity index (χ2v) is 5.95. The second-order valence-electron chi connectivity index (χ2n) is 4.38. The zero-order valence-corrected chi connectivity index (χ0v) is 12.0. The molecule has 6 nitrogen and oxygen atoms in total. The number of ether oxygens (including phenoxy) is 1. The number of benzene rings is 2. The predicted octanol–water partition coefficient (Wildman–Crippen LogP) is 2.28. The lowest BCUT2D eigenvalue weighted by molar-refractivity contribution is 0.337. The highest BCUT2D eigenvalue weighted by Crippen LogP contribution is 2.27. The monoisotopic (exact) mass is 308 g/mol. The molecule has 0 aromatic heterocycles. The molecule has 7 heteroatoms. The number of nitrogens with one attached hydrogen (secondary N) is 1. The maximum absolute atomic E-state index is 10.6. The van der Waals surface area contributed by atoms with Crippen molar-refractivity contribution in [3.63, 3.8) is 0 Å². The highest BCUT2D eigenvalue weighted by Gasteiger charge is 2.07. The van der Waals surface area contributed by atoms with E-state index in [9.17, 15) is 8.42 Å². The molecule has 0 aliphatic carbocycles. The average Bonchev–Trinajstić information content (AvgIpc) is 2.42. The number of nitrogen functional groups attached to an aromatic ring is 1. The van der Waals surface area contributed by atoms with Crippen LogP contribution in [0, 0.1) is 0 Å². The molecule has 0 radical (unpaired) electrons. The van der Waals surface area contributed by atoms with Gasteiger partial charge in [0.2, 0.25) is 0 Å². The van der Waals surface area contributed by atoms with Crippen LogP contribution >= 0.6 is 0 Å². The largest absolute Gasteiger partial charge is 0.490 e. The molecule has 0 saturated heterocycles. The van der Waals surface area contributed by atoms with Gasteiger partial charge in [-0.15, -0.1) is 0 Å². The molecule has 0 aliphatic heterocycles. The average molecular weight is 308 g/mol. The summed E-state index contributed by atoms with van der Waals surface area (Å²) in [5.41, 5.74) is 7.83.